The van der Waals surface area contributed by atoms with Crippen LogP contribution in [0.2, 0.25) is 0 Å². The maximum absolute atomic E-state index is 12.0. The quantitative estimate of drug-likeness (QED) is 0.783. The van der Waals surface area contributed by atoms with Gasteiger partial charge in [-0.2, -0.15) is 0 Å². The highest BCUT2D eigenvalue weighted by Gasteiger charge is 2.14. The lowest BCUT2D eigenvalue weighted by atomic mass is 10.2. The Morgan fingerprint density at radius 3 is 2.33 bits per heavy atom. The van der Waals surface area contributed by atoms with Crippen molar-refractivity contribution < 1.29 is 23.9 Å². The zero-order valence-corrected chi connectivity index (χ0v) is 12.9. The summed E-state index contributed by atoms with van der Waals surface area (Å²) in [5.41, 5.74) is 6.15. The molecule has 7 nitrogen and oxygen atoms in total. The molecular formula is C17H16N2O5. The number of primary amides is 1. The van der Waals surface area contributed by atoms with Gasteiger partial charge in [0.15, 0.2) is 6.61 Å². The van der Waals surface area contributed by atoms with E-state index in [0.29, 0.717) is 17.0 Å². The van der Waals surface area contributed by atoms with Crippen molar-refractivity contribution in [2.75, 3.05) is 19.0 Å². The van der Waals surface area contributed by atoms with Crippen molar-refractivity contribution in [1.29, 1.82) is 0 Å². The molecule has 0 saturated heterocycles. The summed E-state index contributed by atoms with van der Waals surface area (Å²) in [6.45, 7) is -0.450. The van der Waals surface area contributed by atoms with Gasteiger partial charge in [-0.25, -0.2) is 4.79 Å². The van der Waals surface area contributed by atoms with Crippen LogP contribution >= 0.6 is 0 Å². The monoisotopic (exact) mass is 328 g/mol. The van der Waals surface area contributed by atoms with Gasteiger partial charge in [0.1, 0.15) is 11.3 Å². The lowest BCUT2D eigenvalue weighted by Gasteiger charge is -2.09. The number of ether oxygens (including phenoxy) is 2. The molecule has 0 heterocycles. The molecule has 124 valence electrons. The van der Waals surface area contributed by atoms with E-state index in [1.165, 1.54) is 31.4 Å². The second-order valence-corrected chi connectivity index (χ2v) is 4.77. The van der Waals surface area contributed by atoms with Crippen molar-refractivity contribution in [1.82, 2.24) is 0 Å². The molecule has 0 atom stereocenters. The molecule has 0 unspecified atom stereocenters. The number of rotatable bonds is 6. The molecule has 0 bridgehead atoms. The van der Waals surface area contributed by atoms with Crippen LogP contribution < -0.4 is 15.8 Å². The Labute approximate surface area is 138 Å². The number of para-hydroxylation sites is 1. The van der Waals surface area contributed by atoms with Gasteiger partial charge >= 0.3 is 5.97 Å². The Morgan fingerprint density at radius 1 is 1.04 bits per heavy atom. The first-order valence-electron chi connectivity index (χ1n) is 7.01. The Kier molecular flexibility index (Phi) is 5.51. The summed E-state index contributed by atoms with van der Waals surface area (Å²) in [5.74, 6) is -1.36. The minimum atomic E-state index is -0.660. The third-order valence-corrected chi connectivity index (χ3v) is 3.11. The number of hydrogen-bond donors (Lipinski definition) is 2. The topological polar surface area (TPSA) is 108 Å². The van der Waals surface area contributed by atoms with E-state index < -0.39 is 24.4 Å². The van der Waals surface area contributed by atoms with E-state index >= 15 is 0 Å². The highest BCUT2D eigenvalue weighted by atomic mass is 16.5. The fraction of sp³-hybridized carbons (Fsp3) is 0.118. The van der Waals surface area contributed by atoms with Crippen LogP contribution in [0.3, 0.4) is 0 Å². The molecule has 2 aromatic carbocycles. The van der Waals surface area contributed by atoms with E-state index in [1.807, 2.05) is 0 Å². The second-order valence-electron chi connectivity index (χ2n) is 4.77. The average molecular weight is 328 g/mol. The van der Waals surface area contributed by atoms with Crippen LogP contribution in [0.4, 0.5) is 5.69 Å². The lowest BCUT2D eigenvalue weighted by Crippen LogP contribution is -2.21. The van der Waals surface area contributed by atoms with Gasteiger partial charge in [-0.15, -0.1) is 0 Å². The van der Waals surface area contributed by atoms with E-state index in [9.17, 15) is 14.4 Å². The average Bonchev–Trinajstić information content (AvgIpc) is 2.60. The zero-order chi connectivity index (χ0) is 17.5. The molecule has 0 saturated carbocycles. The number of benzene rings is 2. The van der Waals surface area contributed by atoms with Crippen LogP contribution in [0.5, 0.6) is 5.75 Å². The first-order chi connectivity index (χ1) is 11.5. The minimum Gasteiger partial charge on any atom is -0.496 e. The van der Waals surface area contributed by atoms with E-state index in [-0.39, 0.29) is 5.56 Å². The fourth-order valence-corrected chi connectivity index (χ4v) is 1.94. The predicted octanol–water partition coefficient (Wildman–Crippen LogP) is 1.59. The van der Waals surface area contributed by atoms with E-state index in [4.69, 9.17) is 15.2 Å². The number of methoxy groups -OCH3 is 1. The van der Waals surface area contributed by atoms with Gasteiger partial charge in [0, 0.05) is 11.3 Å². The highest BCUT2D eigenvalue weighted by molar-refractivity contribution is 5.97. The number of esters is 1. The standard InChI is InChI=1S/C17H16N2O5/c1-23-14-5-3-2-4-13(14)17(22)24-10-15(20)19-12-8-6-11(7-9-12)16(18)21/h2-9H,10H2,1H3,(H2,18,21)(H,19,20). The van der Waals surface area contributed by atoms with Crippen molar-refractivity contribution in [3.63, 3.8) is 0 Å². The van der Waals surface area contributed by atoms with Gasteiger partial charge in [0.25, 0.3) is 5.91 Å². The fourth-order valence-electron chi connectivity index (χ4n) is 1.94. The minimum absolute atomic E-state index is 0.235. The van der Waals surface area contributed by atoms with Crippen LogP contribution in [0.1, 0.15) is 20.7 Å². The molecule has 2 rings (SSSR count). The van der Waals surface area contributed by atoms with Crippen molar-refractivity contribution in [3.05, 3.63) is 59.7 Å². The van der Waals surface area contributed by atoms with E-state index in [2.05, 4.69) is 5.32 Å². The molecule has 0 aliphatic heterocycles. The Morgan fingerprint density at radius 2 is 1.71 bits per heavy atom. The molecule has 0 spiro atoms. The Bertz CT molecular complexity index is 756. The molecule has 2 amide bonds. The van der Waals surface area contributed by atoms with Gasteiger partial charge in [-0.3, -0.25) is 9.59 Å². The Balaban J connectivity index is 1.91. The number of nitrogens with two attached hydrogens (primary N) is 1. The smallest absolute Gasteiger partial charge is 0.342 e. The summed E-state index contributed by atoms with van der Waals surface area (Å²) >= 11 is 0. The number of carbonyl (C=O) groups is 3. The van der Waals surface area contributed by atoms with Gasteiger partial charge < -0.3 is 20.5 Å². The van der Waals surface area contributed by atoms with Gasteiger partial charge in [-0.1, -0.05) is 12.1 Å². The van der Waals surface area contributed by atoms with E-state index in [0.717, 1.165) is 0 Å². The van der Waals surface area contributed by atoms with Crippen molar-refractivity contribution in [3.8, 4) is 5.75 Å². The Hall–Kier alpha value is -3.35. The summed E-state index contributed by atoms with van der Waals surface area (Å²) in [4.78, 5) is 34.7. The van der Waals surface area contributed by atoms with Crippen LogP contribution in [0.15, 0.2) is 48.5 Å². The maximum atomic E-state index is 12.0. The van der Waals surface area contributed by atoms with Crippen molar-refractivity contribution >= 4 is 23.5 Å². The third-order valence-electron chi connectivity index (χ3n) is 3.11. The van der Waals surface area contributed by atoms with Crippen LogP contribution in [0, 0.1) is 0 Å². The molecule has 3 N–H and O–H groups in total. The summed E-state index contributed by atoms with van der Waals surface area (Å²) in [6, 6.07) is 12.6. The molecule has 2 aromatic rings. The molecule has 0 radical (unpaired) electrons. The molecule has 7 heteroatoms. The van der Waals surface area contributed by atoms with Gasteiger partial charge in [-0.05, 0) is 36.4 Å². The van der Waals surface area contributed by atoms with Crippen LogP contribution in [0.25, 0.3) is 0 Å². The van der Waals surface area contributed by atoms with Gasteiger partial charge in [0.2, 0.25) is 5.91 Å². The lowest BCUT2D eigenvalue weighted by molar-refractivity contribution is -0.119. The molecular weight excluding hydrogens is 312 g/mol. The molecule has 0 aromatic heterocycles. The first-order valence-corrected chi connectivity index (χ1v) is 7.01. The molecule has 0 fully saturated rings. The number of anilines is 1. The first kappa shape index (κ1) is 17.0. The number of hydrogen-bond acceptors (Lipinski definition) is 5. The zero-order valence-electron chi connectivity index (χ0n) is 12.9. The molecule has 0 aliphatic carbocycles. The normalized spacial score (nSPS) is 9.88. The third kappa shape index (κ3) is 4.33. The summed E-state index contributed by atoms with van der Waals surface area (Å²) in [7, 11) is 1.44. The highest BCUT2D eigenvalue weighted by Crippen LogP contribution is 2.18. The summed E-state index contributed by atoms with van der Waals surface area (Å²) in [6.07, 6.45) is 0. The van der Waals surface area contributed by atoms with Crippen molar-refractivity contribution in [2.24, 2.45) is 5.73 Å². The maximum Gasteiger partial charge on any atom is 0.342 e. The number of amides is 2. The van der Waals surface area contributed by atoms with Crippen molar-refractivity contribution in [2.45, 2.75) is 0 Å². The van der Waals surface area contributed by atoms with Crippen LogP contribution in [-0.4, -0.2) is 31.5 Å². The number of nitrogens with one attached hydrogen (secondary N) is 1. The summed E-state index contributed by atoms with van der Waals surface area (Å²) < 4.78 is 10.0. The second kappa shape index (κ2) is 7.77. The van der Waals surface area contributed by atoms with Gasteiger partial charge in [0.05, 0.1) is 7.11 Å². The predicted molar refractivity (Wildman–Crippen MR) is 86.9 cm³/mol. The van der Waals surface area contributed by atoms with Crippen LogP contribution in [-0.2, 0) is 9.53 Å². The summed E-state index contributed by atoms with van der Waals surface area (Å²) in [5, 5.41) is 2.54. The molecule has 0 aliphatic rings. The SMILES string of the molecule is COc1ccccc1C(=O)OCC(=O)Nc1ccc(C(N)=O)cc1. The van der Waals surface area contributed by atoms with E-state index in [1.54, 1.807) is 24.3 Å². The largest absolute Gasteiger partial charge is 0.496 e. The number of carbonyl (C=O) groups excluding carboxylic acids is 3. The molecule has 24 heavy (non-hydrogen) atoms.